The van der Waals surface area contributed by atoms with Gasteiger partial charge in [-0.3, -0.25) is 0 Å². The molecule has 1 saturated carbocycles. The van der Waals surface area contributed by atoms with Gasteiger partial charge in [0.25, 0.3) is 0 Å². The highest BCUT2D eigenvalue weighted by Gasteiger charge is 2.42. The smallest absolute Gasteiger partial charge is 0.315 e. The number of benzene rings is 1. The van der Waals surface area contributed by atoms with Crippen LogP contribution in [0.5, 0.6) is 0 Å². The Morgan fingerprint density at radius 1 is 1.41 bits per heavy atom. The van der Waals surface area contributed by atoms with E-state index in [0.717, 1.165) is 18.5 Å². The van der Waals surface area contributed by atoms with Gasteiger partial charge in [-0.15, -0.1) is 0 Å². The summed E-state index contributed by atoms with van der Waals surface area (Å²) >= 11 is 0. The molecule has 122 valence electrons. The molecule has 2 atom stereocenters. The molecule has 1 aromatic carbocycles. The zero-order valence-corrected chi connectivity index (χ0v) is 13.7. The molecule has 0 heterocycles. The molecule has 1 fully saturated rings. The average Bonchev–Trinajstić information content (AvgIpc) is 3.38. The second-order valence-electron chi connectivity index (χ2n) is 6.48. The Kier molecular flexibility index (Phi) is 5.29. The van der Waals surface area contributed by atoms with Gasteiger partial charge in [-0.2, -0.15) is 0 Å². The number of aliphatic hydroxyl groups excluding tert-OH is 1. The number of para-hydroxylation sites is 1. The van der Waals surface area contributed by atoms with E-state index in [0.29, 0.717) is 12.5 Å². The number of urea groups is 1. The third kappa shape index (κ3) is 4.13. The minimum absolute atomic E-state index is 0.0233. The molecule has 0 aliphatic heterocycles. The van der Waals surface area contributed by atoms with Gasteiger partial charge in [-0.05, 0) is 44.7 Å². The highest BCUT2D eigenvalue weighted by Crippen LogP contribution is 2.39. The summed E-state index contributed by atoms with van der Waals surface area (Å²) in [7, 11) is 2.02. The molecular weight excluding hydrogens is 278 g/mol. The predicted octanol–water partition coefficient (Wildman–Crippen LogP) is 1.97. The van der Waals surface area contributed by atoms with E-state index in [1.807, 2.05) is 44.3 Å². The highest BCUT2D eigenvalue weighted by atomic mass is 16.3. The van der Waals surface area contributed by atoms with Crippen LogP contribution in [-0.4, -0.2) is 42.9 Å². The topological polar surface area (TPSA) is 64.6 Å². The van der Waals surface area contributed by atoms with Crippen LogP contribution >= 0.6 is 0 Å². The Balaban J connectivity index is 1.80. The summed E-state index contributed by atoms with van der Waals surface area (Å²) < 4.78 is 0. The molecule has 0 saturated heterocycles. The summed E-state index contributed by atoms with van der Waals surface area (Å²) in [5, 5.41) is 15.3. The fourth-order valence-corrected chi connectivity index (χ4v) is 2.59. The molecule has 0 aromatic heterocycles. The highest BCUT2D eigenvalue weighted by molar-refractivity contribution is 5.75. The molecule has 2 unspecified atom stereocenters. The second kappa shape index (κ2) is 7.01. The van der Waals surface area contributed by atoms with E-state index >= 15 is 0 Å². The van der Waals surface area contributed by atoms with Gasteiger partial charge < -0.3 is 20.6 Å². The Morgan fingerprint density at radius 3 is 2.59 bits per heavy atom. The lowest BCUT2D eigenvalue weighted by Crippen LogP contribution is -2.55. The SMILES string of the molecule is CC(CNC(=O)NC(C)(CO)C1CC1)N(C)c1ccccc1. The van der Waals surface area contributed by atoms with Crippen molar-refractivity contribution in [2.45, 2.75) is 38.3 Å². The van der Waals surface area contributed by atoms with Crippen LogP contribution in [0.2, 0.25) is 0 Å². The van der Waals surface area contributed by atoms with Gasteiger partial charge in [-0.1, -0.05) is 18.2 Å². The summed E-state index contributed by atoms with van der Waals surface area (Å²) in [6.45, 7) is 4.50. The number of aliphatic hydroxyl groups is 1. The number of carbonyl (C=O) groups is 1. The average molecular weight is 305 g/mol. The van der Waals surface area contributed by atoms with Gasteiger partial charge in [-0.25, -0.2) is 4.79 Å². The molecule has 2 rings (SSSR count). The number of carbonyl (C=O) groups excluding carboxylic acids is 1. The van der Waals surface area contributed by atoms with E-state index < -0.39 is 5.54 Å². The molecule has 22 heavy (non-hydrogen) atoms. The van der Waals surface area contributed by atoms with E-state index in [-0.39, 0.29) is 18.7 Å². The molecule has 3 N–H and O–H groups in total. The van der Waals surface area contributed by atoms with Crippen molar-refractivity contribution in [1.29, 1.82) is 0 Å². The van der Waals surface area contributed by atoms with Crippen LogP contribution < -0.4 is 15.5 Å². The van der Waals surface area contributed by atoms with Crippen molar-refractivity contribution in [1.82, 2.24) is 10.6 Å². The van der Waals surface area contributed by atoms with Gasteiger partial charge in [0, 0.05) is 25.3 Å². The molecule has 0 spiro atoms. The van der Waals surface area contributed by atoms with Crippen molar-refractivity contribution in [3.8, 4) is 0 Å². The first-order valence-electron chi connectivity index (χ1n) is 7.91. The quantitative estimate of drug-likeness (QED) is 0.721. The first-order chi connectivity index (χ1) is 10.5. The van der Waals surface area contributed by atoms with E-state index in [1.165, 1.54) is 0 Å². The van der Waals surface area contributed by atoms with Crippen LogP contribution in [0.1, 0.15) is 26.7 Å². The maximum absolute atomic E-state index is 12.1. The fraction of sp³-hybridized carbons (Fsp3) is 0.588. The van der Waals surface area contributed by atoms with E-state index in [9.17, 15) is 9.90 Å². The molecule has 5 nitrogen and oxygen atoms in total. The van der Waals surface area contributed by atoms with Gasteiger partial charge in [0.1, 0.15) is 0 Å². The monoisotopic (exact) mass is 305 g/mol. The maximum Gasteiger partial charge on any atom is 0.315 e. The van der Waals surface area contributed by atoms with Crippen molar-refractivity contribution in [2.24, 2.45) is 5.92 Å². The van der Waals surface area contributed by atoms with Crippen LogP contribution in [0.15, 0.2) is 30.3 Å². The van der Waals surface area contributed by atoms with Gasteiger partial charge in [0.15, 0.2) is 0 Å². The minimum Gasteiger partial charge on any atom is -0.394 e. The van der Waals surface area contributed by atoms with Gasteiger partial charge >= 0.3 is 6.03 Å². The van der Waals surface area contributed by atoms with Crippen LogP contribution in [0.3, 0.4) is 0 Å². The molecular formula is C17H27N3O2. The molecule has 1 aliphatic carbocycles. The largest absolute Gasteiger partial charge is 0.394 e. The molecule has 1 aliphatic rings. The van der Waals surface area contributed by atoms with Crippen LogP contribution in [0.4, 0.5) is 10.5 Å². The molecule has 5 heteroatoms. The van der Waals surface area contributed by atoms with E-state index in [4.69, 9.17) is 0 Å². The zero-order valence-electron chi connectivity index (χ0n) is 13.7. The van der Waals surface area contributed by atoms with E-state index in [2.05, 4.69) is 22.5 Å². The number of anilines is 1. The number of nitrogens with one attached hydrogen (secondary N) is 2. The Morgan fingerprint density at radius 2 is 2.05 bits per heavy atom. The number of hydrogen-bond donors (Lipinski definition) is 3. The second-order valence-corrected chi connectivity index (χ2v) is 6.48. The Hall–Kier alpha value is -1.75. The predicted molar refractivity (Wildman–Crippen MR) is 89.1 cm³/mol. The lowest BCUT2D eigenvalue weighted by atomic mass is 9.97. The number of nitrogens with zero attached hydrogens (tertiary/aromatic N) is 1. The maximum atomic E-state index is 12.1. The molecule has 2 amide bonds. The van der Waals surface area contributed by atoms with Gasteiger partial charge in [0.05, 0.1) is 12.1 Å². The molecule has 0 bridgehead atoms. The summed E-state index contributed by atoms with van der Waals surface area (Å²) in [4.78, 5) is 14.2. The Labute approximate surface area is 132 Å². The number of amides is 2. The van der Waals surface area contributed by atoms with Crippen molar-refractivity contribution in [2.75, 3.05) is 25.1 Å². The number of hydrogen-bond acceptors (Lipinski definition) is 3. The van der Waals surface area contributed by atoms with Gasteiger partial charge in [0.2, 0.25) is 0 Å². The first-order valence-corrected chi connectivity index (χ1v) is 7.91. The summed E-state index contributed by atoms with van der Waals surface area (Å²) in [5.41, 5.74) is 0.619. The van der Waals surface area contributed by atoms with Crippen molar-refractivity contribution in [3.63, 3.8) is 0 Å². The summed E-state index contributed by atoms with van der Waals surface area (Å²) in [6.07, 6.45) is 2.15. The Bertz CT molecular complexity index is 490. The summed E-state index contributed by atoms with van der Waals surface area (Å²) in [6, 6.07) is 10.0. The van der Waals surface area contributed by atoms with Crippen molar-refractivity contribution < 1.29 is 9.90 Å². The lowest BCUT2D eigenvalue weighted by Gasteiger charge is -2.30. The van der Waals surface area contributed by atoms with Crippen LogP contribution in [0, 0.1) is 5.92 Å². The molecule has 0 radical (unpaired) electrons. The van der Waals surface area contributed by atoms with Crippen LogP contribution in [0.25, 0.3) is 0 Å². The zero-order chi connectivity index (χ0) is 16.2. The normalized spacial score (nSPS) is 18.2. The fourth-order valence-electron chi connectivity index (χ4n) is 2.59. The van der Waals surface area contributed by atoms with Crippen molar-refractivity contribution >= 4 is 11.7 Å². The summed E-state index contributed by atoms with van der Waals surface area (Å²) in [5.74, 6) is 0.396. The lowest BCUT2D eigenvalue weighted by molar-refractivity contribution is 0.155. The standard InChI is InChI=1S/C17H27N3O2/c1-13(20(3)15-7-5-4-6-8-15)11-18-16(22)19-17(2,12-21)14-9-10-14/h4-8,13-14,21H,9-12H2,1-3H3,(H2,18,19,22). The minimum atomic E-state index is -0.501. The van der Waals surface area contributed by atoms with E-state index in [1.54, 1.807) is 0 Å². The molecule has 1 aromatic rings. The van der Waals surface area contributed by atoms with Crippen molar-refractivity contribution in [3.05, 3.63) is 30.3 Å². The third-order valence-corrected chi connectivity index (χ3v) is 4.59. The third-order valence-electron chi connectivity index (χ3n) is 4.59. The number of rotatable bonds is 7. The first kappa shape index (κ1) is 16.6. The number of likely N-dealkylation sites (N-methyl/N-ethyl adjacent to an activating group) is 1. The van der Waals surface area contributed by atoms with Crippen LogP contribution in [-0.2, 0) is 0 Å².